The van der Waals surface area contributed by atoms with Gasteiger partial charge in [0.1, 0.15) is 5.78 Å². The molecule has 13 nitrogen and oxygen atoms in total. The summed E-state index contributed by atoms with van der Waals surface area (Å²) in [7, 11) is -3.71. The van der Waals surface area contributed by atoms with Crippen LogP contribution in [0.1, 0.15) is 64.2 Å². The number of carbonyl (C=O) groups is 5. The highest BCUT2D eigenvalue weighted by Crippen LogP contribution is 2.44. The van der Waals surface area contributed by atoms with Crippen molar-refractivity contribution in [3.63, 3.8) is 0 Å². The van der Waals surface area contributed by atoms with E-state index in [1.807, 2.05) is 11.8 Å². The number of unbranched alkanes of at least 4 members (excludes halogenated alkanes) is 1. The first-order valence-electron chi connectivity index (χ1n) is 16.5. The van der Waals surface area contributed by atoms with E-state index in [-0.39, 0.29) is 93.4 Å². The molecule has 0 aromatic heterocycles. The number of sulfonamides is 1. The minimum Gasteiger partial charge on any atom is -0.380 e. The van der Waals surface area contributed by atoms with E-state index in [2.05, 4.69) is 16.0 Å². The van der Waals surface area contributed by atoms with Gasteiger partial charge in [0.05, 0.1) is 35.5 Å². The number of thioether (sulfide) groups is 1. The Morgan fingerprint density at radius 2 is 1.72 bits per heavy atom. The number of anilines is 1. The Balaban J connectivity index is 0.884. The first-order chi connectivity index (χ1) is 22.6. The molecule has 3 N–H and O–H groups in total. The van der Waals surface area contributed by atoms with Crippen molar-refractivity contribution in [3.05, 3.63) is 30.3 Å². The normalized spacial score (nSPS) is 24.0. The first-order valence-corrected chi connectivity index (χ1v) is 19.2. The summed E-state index contributed by atoms with van der Waals surface area (Å²) < 4.78 is 32.7. The van der Waals surface area contributed by atoms with Gasteiger partial charge in [0.2, 0.25) is 27.7 Å². The van der Waals surface area contributed by atoms with Gasteiger partial charge in [-0.15, -0.1) is 0 Å². The van der Waals surface area contributed by atoms with Crippen LogP contribution in [0.25, 0.3) is 0 Å². The van der Waals surface area contributed by atoms with Crippen LogP contribution in [0.2, 0.25) is 0 Å². The fourth-order valence-corrected chi connectivity index (χ4v) is 9.81. The number of rotatable bonds is 17. The van der Waals surface area contributed by atoms with Crippen LogP contribution in [0.3, 0.4) is 0 Å². The minimum absolute atomic E-state index is 0.0673. The van der Waals surface area contributed by atoms with Gasteiger partial charge < -0.3 is 20.7 Å². The molecule has 0 bridgehead atoms. The van der Waals surface area contributed by atoms with E-state index in [0.29, 0.717) is 36.8 Å². The van der Waals surface area contributed by atoms with Gasteiger partial charge in [-0.05, 0) is 44.2 Å². The van der Waals surface area contributed by atoms with Crippen LogP contribution in [0, 0.1) is 5.41 Å². The lowest BCUT2D eigenvalue weighted by Gasteiger charge is -2.36. The molecule has 1 aromatic carbocycles. The van der Waals surface area contributed by atoms with E-state index in [9.17, 15) is 32.4 Å². The van der Waals surface area contributed by atoms with Crippen LogP contribution >= 0.6 is 11.8 Å². The molecule has 0 aliphatic carbocycles. The number of ether oxygens (including phenoxy) is 1. The fourth-order valence-electron chi connectivity index (χ4n) is 6.83. The lowest BCUT2D eigenvalue weighted by molar-refractivity contribution is -0.127. The molecular formula is C32H45N5O8S2. The maximum atomic E-state index is 13.2. The molecule has 47 heavy (non-hydrogen) atoms. The number of urea groups is 1. The van der Waals surface area contributed by atoms with Gasteiger partial charge in [0, 0.05) is 62.9 Å². The van der Waals surface area contributed by atoms with Gasteiger partial charge in [0.25, 0.3) is 0 Å². The predicted molar refractivity (Wildman–Crippen MR) is 177 cm³/mol. The standard InChI is InChI=1S/C32H45N5O8S2/c38-24(9-4-5-11-26-29-25(22-46-26)34-31(42)35-29)10-6-18-45-19-15-33-27(39)12-20-47(43,44)36-16-13-32(14-17-36)21-28(40)37(30(32)41)23-7-2-1-3-8-23/h1-3,7-8,25-26,29H,4-6,9-22H2,(H,33,39)(H2,34,35,42)/t25-,26-,29-/m0/s1. The molecule has 3 atom stereocenters. The Morgan fingerprint density at radius 1 is 0.979 bits per heavy atom. The monoisotopic (exact) mass is 691 g/mol. The molecule has 1 aromatic rings. The van der Waals surface area contributed by atoms with Gasteiger partial charge in [-0.3, -0.25) is 24.1 Å². The number of imide groups is 1. The van der Waals surface area contributed by atoms with Crippen molar-refractivity contribution in [1.29, 1.82) is 0 Å². The highest BCUT2D eigenvalue weighted by atomic mass is 32.2. The Labute approximate surface area is 280 Å². The molecule has 4 saturated heterocycles. The molecule has 15 heteroatoms. The smallest absolute Gasteiger partial charge is 0.315 e. The van der Waals surface area contributed by atoms with Gasteiger partial charge in [-0.2, -0.15) is 11.8 Å². The maximum Gasteiger partial charge on any atom is 0.315 e. The molecule has 1 spiro atoms. The summed E-state index contributed by atoms with van der Waals surface area (Å²) in [6, 6.07) is 9.08. The molecule has 4 aliphatic rings. The largest absolute Gasteiger partial charge is 0.380 e. The number of amides is 5. The third-order valence-electron chi connectivity index (χ3n) is 9.52. The highest BCUT2D eigenvalue weighted by Gasteiger charge is 2.54. The molecule has 4 aliphatic heterocycles. The van der Waals surface area contributed by atoms with Crippen LogP contribution in [0.15, 0.2) is 30.3 Å². The number of nitrogens with zero attached hydrogens (tertiary/aromatic N) is 2. The zero-order chi connectivity index (χ0) is 33.4. The molecule has 0 radical (unpaired) electrons. The summed E-state index contributed by atoms with van der Waals surface area (Å²) in [4.78, 5) is 63.1. The van der Waals surface area contributed by atoms with Crippen LogP contribution < -0.4 is 20.9 Å². The minimum atomic E-state index is -3.71. The molecule has 4 heterocycles. The highest BCUT2D eigenvalue weighted by molar-refractivity contribution is 8.00. The second-order valence-corrected chi connectivity index (χ2v) is 16.1. The molecule has 4 fully saturated rings. The second kappa shape index (κ2) is 15.9. The number of ketones is 1. The number of para-hydroxylation sites is 1. The number of carbonyl (C=O) groups excluding carboxylic acids is 5. The van der Waals surface area contributed by atoms with Gasteiger partial charge in [0.15, 0.2) is 0 Å². The van der Waals surface area contributed by atoms with E-state index in [1.54, 1.807) is 30.3 Å². The Morgan fingerprint density at radius 3 is 2.49 bits per heavy atom. The van der Waals surface area contributed by atoms with Crippen molar-refractivity contribution in [1.82, 2.24) is 20.3 Å². The first kappa shape index (κ1) is 35.3. The number of hydrogen-bond donors (Lipinski definition) is 3. The summed E-state index contributed by atoms with van der Waals surface area (Å²) in [6.45, 7) is 1.16. The van der Waals surface area contributed by atoms with E-state index >= 15 is 0 Å². The Bertz CT molecular complexity index is 1420. The SMILES string of the molecule is O=C(CCCC[C@@H]1SC[C@@H]2NC(=O)N[C@@H]21)CCCOCCNC(=O)CCS(=O)(=O)N1CCC2(CC1)CC(=O)N(c1ccccc1)C2=O. The number of hydrogen-bond acceptors (Lipinski definition) is 9. The zero-order valence-corrected chi connectivity index (χ0v) is 28.2. The number of benzene rings is 1. The molecular weight excluding hydrogens is 647 g/mol. The van der Waals surface area contributed by atoms with E-state index in [1.165, 1.54) is 9.21 Å². The topological polar surface area (TPSA) is 171 Å². The Hall–Kier alpha value is -3.01. The predicted octanol–water partition coefficient (Wildman–Crippen LogP) is 1.96. The fraction of sp³-hybridized carbons (Fsp3) is 0.656. The van der Waals surface area contributed by atoms with Crippen LogP contribution in [-0.2, 0) is 33.9 Å². The second-order valence-electron chi connectivity index (χ2n) is 12.8. The number of piperidine rings is 1. The summed E-state index contributed by atoms with van der Waals surface area (Å²) in [5, 5.41) is 9.01. The average Bonchev–Trinajstić information content (AvgIpc) is 3.68. The number of Topliss-reactive ketones (excluding diaryl/α,β-unsaturated/α-hetero) is 1. The van der Waals surface area contributed by atoms with Crippen molar-refractivity contribution in [2.24, 2.45) is 5.41 Å². The molecule has 258 valence electrons. The van der Waals surface area contributed by atoms with Gasteiger partial charge in [-0.1, -0.05) is 24.6 Å². The van der Waals surface area contributed by atoms with Crippen molar-refractivity contribution in [2.75, 3.05) is 49.3 Å². The maximum absolute atomic E-state index is 13.2. The van der Waals surface area contributed by atoms with Gasteiger partial charge in [-0.25, -0.2) is 17.5 Å². The van der Waals surface area contributed by atoms with Crippen LogP contribution in [0.4, 0.5) is 10.5 Å². The molecule has 5 rings (SSSR count). The Kier molecular flexibility index (Phi) is 12.0. The summed E-state index contributed by atoms with van der Waals surface area (Å²) in [5.41, 5.74) is -0.367. The number of nitrogens with one attached hydrogen (secondary N) is 3. The van der Waals surface area contributed by atoms with Crippen molar-refractivity contribution < 1.29 is 37.1 Å². The van der Waals surface area contributed by atoms with E-state index in [0.717, 1.165) is 25.0 Å². The lowest BCUT2D eigenvalue weighted by Crippen LogP contribution is -2.47. The molecule has 5 amide bonds. The third kappa shape index (κ3) is 8.92. The average molecular weight is 692 g/mol. The lowest BCUT2D eigenvalue weighted by atomic mass is 9.77. The van der Waals surface area contributed by atoms with Crippen molar-refractivity contribution in [3.8, 4) is 0 Å². The van der Waals surface area contributed by atoms with Crippen molar-refractivity contribution in [2.45, 2.75) is 81.5 Å². The summed E-state index contributed by atoms with van der Waals surface area (Å²) in [5.74, 6) is -0.143. The zero-order valence-electron chi connectivity index (χ0n) is 26.6. The van der Waals surface area contributed by atoms with Gasteiger partial charge >= 0.3 is 6.03 Å². The third-order valence-corrected chi connectivity index (χ3v) is 12.9. The number of fused-ring (bicyclic) bond motifs is 1. The summed E-state index contributed by atoms with van der Waals surface area (Å²) in [6.07, 6.45) is 4.76. The summed E-state index contributed by atoms with van der Waals surface area (Å²) >= 11 is 1.88. The van der Waals surface area contributed by atoms with E-state index < -0.39 is 21.3 Å². The molecule has 0 saturated carbocycles. The quantitative estimate of drug-likeness (QED) is 0.126. The van der Waals surface area contributed by atoms with E-state index in [4.69, 9.17) is 4.74 Å². The van der Waals surface area contributed by atoms with Crippen LogP contribution in [0.5, 0.6) is 0 Å². The van der Waals surface area contributed by atoms with Crippen LogP contribution in [-0.4, -0.2) is 104 Å². The molecule has 0 unspecified atom stereocenters. The van der Waals surface area contributed by atoms with Crippen molar-refractivity contribution >= 4 is 57.0 Å².